The SMILES string of the molecule is CC(NCc1ccc(C#N)o1)c1ccc(F)cc1F. The molecule has 1 aromatic heterocycles. The summed E-state index contributed by atoms with van der Waals surface area (Å²) in [7, 11) is 0. The van der Waals surface area contributed by atoms with Crippen LogP contribution < -0.4 is 5.32 Å². The fourth-order valence-electron chi connectivity index (χ4n) is 1.75. The molecule has 0 bridgehead atoms. The highest BCUT2D eigenvalue weighted by Crippen LogP contribution is 2.18. The largest absolute Gasteiger partial charge is 0.449 e. The minimum atomic E-state index is -0.599. The van der Waals surface area contributed by atoms with Gasteiger partial charge in [0.15, 0.2) is 0 Å². The van der Waals surface area contributed by atoms with Gasteiger partial charge in [-0.3, -0.25) is 0 Å². The second-order valence-electron chi connectivity index (χ2n) is 4.15. The average molecular weight is 262 g/mol. The highest BCUT2D eigenvalue weighted by atomic mass is 19.1. The van der Waals surface area contributed by atoms with Crippen molar-refractivity contribution >= 4 is 0 Å². The average Bonchev–Trinajstić information content (AvgIpc) is 2.84. The molecule has 2 aromatic rings. The first-order valence-electron chi connectivity index (χ1n) is 5.77. The van der Waals surface area contributed by atoms with E-state index < -0.39 is 11.6 Å². The van der Waals surface area contributed by atoms with Gasteiger partial charge in [-0.15, -0.1) is 0 Å². The first-order valence-corrected chi connectivity index (χ1v) is 5.77. The Morgan fingerprint density at radius 1 is 1.32 bits per heavy atom. The van der Waals surface area contributed by atoms with Gasteiger partial charge in [0.1, 0.15) is 23.5 Å². The van der Waals surface area contributed by atoms with Crippen molar-refractivity contribution in [3.8, 4) is 6.07 Å². The van der Waals surface area contributed by atoms with Crippen LogP contribution in [0, 0.1) is 23.0 Å². The van der Waals surface area contributed by atoms with E-state index >= 15 is 0 Å². The fourth-order valence-corrected chi connectivity index (χ4v) is 1.75. The topological polar surface area (TPSA) is 49.0 Å². The van der Waals surface area contributed by atoms with Gasteiger partial charge in [0.05, 0.1) is 6.54 Å². The van der Waals surface area contributed by atoms with Gasteiger partial charge >= 0.3 is 0 Å². The molecule has 0 saturated carbocycles. The predicted octanol–water partition coefficient (Wildman–Crippen LogP) is 3.28. The molecule has 0 aliphatic rings. The maximum Gasteiger partial charge on any atom is 0.203 e. The van der Waals surface area contributed by atoms with Crippen molar-refractivity contribution in [2.24, 2.45) is 0 Å². The van der Waals surface area contributed by atoms with Crippen LogP contribution in [0.15, 0.2) is 34.7 Å². The summed E-state index contributed by atoms with van der Waals surface area (Å²) in [6.45, 7) is 2.13. The molecule has 3 nitrogen and oxygen atoms in total. The van der Waals surface area contributed by atoms with Crippen molar-refractivity contribution in [1.82, 2.24) is 5.32 Å². The first kappa shape index (κ1) is 13.2. The molecular weight excluding hydrogens is 250 g/mol. The van der Waals surface area contributed by atoms with E-state index in [-0.39, 0.29) is 11.8 Å². The Bertz CT molecular complexity index is 616. The van der Waals surface area contributed by atoms with Crippen LogP contribution in [0.2, 0.25) is 0 Å². The summed E-state index contributed by atoms with van der Waals surface area (Å²) >= 11 is 0. The summed E-state index contributed by atoms with van der Waals surface area (Å²) in [5.41, 5.74) is 0.383. The number of nitriles is 1. The van der Waals surface area contributed by atoms with Crippen molar-refractivity contribution < 1.29 is 13.2 Å². The molecule has 2 rings (SSSR count). The molecule has 5 heteroatoms. The summed E-state index contributed by atoms with van der Waals surface area (Å²) < 4.78 is 31.5. The maximum absolute atomic E-state index is 13.5. The van der Waals surface area contributed by atoms with Crippen molar-refractivity contribution in [2.75, 3.05) is 0 Å². The van der Waals surface area contributed by atoms with Gasteiger partial charge < -0.3 is 9.73 Å². The molecule has 1 N–H and O–H groups in total. The highest BCUT2D eigenvalue weighted by Gasteiger charge is 2.12. The highest BCUT2D eigenvalue weighted by molar-refractivity contribution is 5.22. The zero-order valence-corrected chi connectivity index (χ0v) is 10.3. The minimum Gasteiger partial charge on any atom is -0.449 e. The number of halogens is 2. The molecule has 19 heavy (non-hydrogen) atoms. The Morgan fingerprint density at radius 3 is 2.74 bits per heavy atom. The number of hydrogen-bond donors (Lipinski definition) is 1. The van der Waals surface area contributed by atoms with Crippen LogP contribution >= 0.6 is 0 Å². The van der Waals surface area contributed by atoms with E-state index in [1.54, 1.807) is 19.1 Å². The molecule has 1 aromatic carbocycles. The number of benzene rings is 1. The van der Waals surface area contributed by atoms with Crippen molar-refractivity contribution in [1.29, 1.82) is 5.26 Å². The zero-order chi connectivity index (χ0) is 13.8. The van der Waals surface area contributed by atoms with Gasteiger partial charge in [0.25, 0.3) is 0 Å². The molecule has 0 aliphatic heterocycles. The second-order valence-corrected chi connectivity index (χ2v) is 4.15. The standard InChI is InChI=1S/C14H12F2N2O/c1-9(13-5-2-10(15)6-14(13)16)18-8-12-4-3-11(7-17)19-12/h2-6,9,18H,8H2,1H3. The van der Waals surface area contributed by atoms with Crippen LogP contribution in [-0.2, 0) is 6.54 Å². The lowest BCUT2D eigenvalue weighted by atomic mass is 10.1. The van der Waals surface area contributed by atoms with E-state index in [0.717, 1.165) is 6.07 Å². The van der Waals surface area contributed by atoms with E-state index in [2.05, 4.69) is 5.32 Å². The number of furan rings is 1. The fraction of sp³-hybridized carbons (Fsp3) is 0.214. The van der Waals surface area contributed by atoms with E-state index in [1.807, 2.05) is 6.07 Å². The van der Waals surface area contributed by atoms with Crippen molar-refractivity contribution in [3.63, 3.8) is 0 Å². The molecule has 1 heterocycles. The van der Waals surface area contributed by atoms with E-state index in [0.29, 0.717) is 17.9 Å². The third-order valence-electron chi connectivity index (χ3n) is 2.78. The molecule has 0 spiro atoms. The van der Waals surface area contributed by atoms with Crippen LogP contribution in [0.4, 0.5) is 8.78 Å². The summed E-state index contributed by atoms with van der Waals surface area (Å²) in [5.74, 6) is -0.362. The Hall–Kier alpha value is -2.19. The lowest BCUT2D eigenvalue weighted by molar-refractivity contribution is 0.446. The Morgan fingerprint density at radius 2 is 2.11 bits per heavy atom. The van der Waals surface area contributed by atoms with Crippen LogP contribution in [0.25, 0.3) is 0 Å². The van der Waals surface area contributed by atoms with Crippen LogP contribution in [0.5, 0.6) is 0 Å². The Balaban J connectivity index is 2.01. The molecule has 0 radical (unpaired) electrons. The number of hydrogen-bond acceptors (Lipinski definition) is 3. The smallest absolute Gasteiger partial charge is 0.203 e. The van der Waals surface area contributed by atoms with Gasteiger partial charge in [-0.05, 0) is 25.1 Å². The quantitative estimate of drug-likeness (QED) is 0.919. The zero-order valence-electron chi connectivity index (χ0n) is 10.3. The summed E-state index contributed by atoms with van der Waals surface area (Å²) in [6.07, 6.45) is 0. The van der Waals surface area contributed by atoms with Crippen molar-refractivity contribution in [2.45, 2.75) is 19.5 Å². The molecule has 98 valence electrons. The van der Waals surface area contributed by atoms with Gasteiger partial charge in [-0.2, -0.15) is 5.26 Å². The third kappa shape index (κ3) is 3.18. The molecule has 0 fully saturated rings. The normalized spacial score (nSPS) is 12.1. The molecular formula is C14H12F2N2O. The number of nitrogens with one attached hydrogen (secondary N) is 1. The number of rotatable bonds is 4. The minimum absolute atomic E-state index is 0.234. The molecule has 0 aliphatic carbocycles. The van der Waals surface area contributed by atoms with Crippen LogP contribution in [-0.4, -0.2) is 0 Å². The molecule has 1 unspecified atom stereocenters. The van der Waals surface area contributed by atoms with Crippen molar-refractivity contribution in [3.05, 3.63) is 59.1 Å². The van der Waals surface area contributed by atoms with Crippen LogP contribution in [0.1, 0.15) is 30.0 Å². The molecule has 0 saturated heterocycles. The van der Waals surface area contributed by atoms with Gasteiger partial charge in [-0.1, -0.05) is 6.07 Å². The second kappa shape index (κ2) is 5.63. The van der Waals surface area contributed by atoms with Gasteiger partial charge in [0, 0.05) is 17.7 Å². The van der Waals surface area contributed by atoms with E-state index in [9.17, 15) is 8.78 Å². The summed E-state index contributed by atoms with van der Waals surface area (Å²) in [4.78, 5) is 0. The molecule has 1 atom stereocenters. The van der Waals surface area contributed by atoms with E-state index in [1.165, 1.54) is 12.1 Å². The monoisotopic (exact) mass is 262 g/mol. The maximum atomic E-state index is 13.5. The van der Waals surface area contributed by atoms with Gasteiger partial charge in [0.2, 0.25) is 5.76 Å². The molecule has 0 amide bonds. The summed E-state index contributed by atoms with van der Waals surface area (Å²) in [5, 5.41) is 11.7. The van der Waals surface area contributed by atoms with Gasteiger partial charge in [-0.25, -0.2) is 8.78 Å². The lowest BCUT2D eigenvalue weighted by Crippen LogP contribution is -2.18. The Labute approximate surface area is 109 Å². The first-order chi connectivity index (χ1) is 9.10. The predicted molar refractivity (Wildman–Crippen MR) is 65.0 cm³/mol. The number of nitrogens with zero attached hydrogens (tertiary/aromatic N) is 1. The lowest BCUT2D eigenvalue weighted by Gasteiger charge is -2.14. The van der Waals surface area contributed by atoms with E-state index in [4.69, 9.17) is 9.68 Å². The third-order valence-corrected chi connectivity index (χ3v) is 2.78. The Kier molecular flexibility index (Phi) is 3.93. The summed E-state index contributed by atoms with van der Waals surface area (Å²) in [6, 6.07) is 8.32. The van der Waals surface area contributed by atoms with Crippen LogP contribution in [0.3, 0.4) is 0 Å².